The molecule has 278 valence electrons. The highest BCUT2D eigenvalue weighted by Gasteiger charge is 2.33. The standard InChI is InChI=1S/C18H20FN5O2S.C17H18FN5O2S/c1-11-14-10-23(3)8-7-15(14)24-18(21-11)16(17(20-2)22-24)27(25,26)13-6-4-5-12(19)9-13;1-19-16-15(26(24,25)13-5-3-4-12(18)8-13)17-20-9-11-10-22(2)7-6-14(11)23(17)21-16/h4-6,9H,7-8,10H2,1-3H3,(H,20,22);3-5,8-9H,6-7,10H2,1-2H3,(H,19,21). The topological polar surface area (TPSA) is 159 Å². The van der Waals surface area contributed by atoms with Crippen LogP contribution in [-0.4, -0.2) is 97.1 Å². The normalized spacial score (nSPS) is 15.2. The Bertz CT molecular complexity index is 2630. The molecular weight excluding hydrogens is 727 g/mol. The zero-order valence-corrected chi connectivity index (χ0v) is 31.4. The number of nitrogens with zero attached hydrogens (tertiary/aromatic N) is 8. The minimum Gasteiger partial charge on any atom is -0.370 e. The lowest BCUT2D eigenvalue weighted by Gasteiger charge is -2.26. The molecular formula is C35H38F2N10O4S2. The van der Waals surface area contributed by atoms with Gasteiger partial charge in [-0.2, -0.15) is 0 Å². The highest BCUT2D eigenvalue weighted by atomic mass is 32.2. The monoisotopic (exact) mass is 764 g/mol. The Labute approximate surface area is 305 Å². The van der Waals surface area contributed by atoms with Crippen molar-refractivity contribution in [1.82, 2.24) is 39.0 Å². The number of aryl methyl sites for hydroxylation is 1. The first-order valence-electron chi connectivity index (χ1n) is 16.8. The molecule has 0 radical (unpaired) electrons. The van der Waals surface area contributed by atoms with Crippen LogP contribution in [0.2, 0.25) is 0 Å². The summed E-state index contributed by atoms with van der Waals surface area (Å²) in [7, 11) is -0.710. The number of sulfone groups is 2. The van der Waals surface area contributed by atoms with Crippen LogP contribution in [0.1, 0.15) is 28.2 Å². The summed E-state index contributed by atoms with van der Waals surface area (Å²) >= 11 is 0. The average Bonchev–Trinajstić information content (AvgIpc) is 3.71. The first-order chi connectivity index (χ1) is 25.2. The van der Waals surface area contributed by atoms with Crippen molar-refractivity contribution in [2.45, 2.75) is 52.4 Å². The smallest absolute Gasteiger partial charge is 0.214 e. The molecule has 8 rings (SSSR count). The third-order valence-corrected chi connectivity index (χ3v) is 13.0. The van der Waals surface area contributed by atoms with Gasteiger partial charge in [0.2, 0.25) is 19.7 Å². The second-order valence-corrected chi connectivity index (χ2v) is 16.8. The number of nitrogens with one attached hydrogen (secondary N) is 2. The Balaban J connectivity index is 0.000000164. The molecule has 2 aliphatic heterocycles. The van der Waals surface area contributed by atoms with E-state index >= 15 is 0 Å². The first-order valence-corrected chi connectivity index (χ1v) is 19.8. The molecule has 4 aromatic heterocycles. The Hall–Kier alpha value is -5.04. The van der Waals surface area contributed by atoms with Crippen LogP contribution in [0, 0.1) is 18.6 Å². The van der Waals surface area contributed by atoms with Crippen molar-refractivity contribution in [3.05, 3.63) is 94.6 Å². The fourth-order valence-corrected chi connectivity index (χ4v) is 9.86. The second kappa shape index (κ2) is 13.7. The van der Waals surface area contributed by atoms with Gasteiger partial charge in [-0.25, -0.2) is 44.6 Å². The lowest BCUT2D eigenvalue weighted by atomic mass is 10.0. The van der Waals surface area contributed by atoms with Crippen molar-refractivity contribution in [2.24, 2.45) is 0 Å². The molecule has 0 saturated heterocycles. The van der Waals surface area contributed by atoms with E-state index in [4.69, 9.17) is 0 Å². The average molecular weight is 765 g/mol. The summed E-state index contributed by atoms with van der Waals surface area (Å²) in [4.78, 5) is 13.0. The van der Waals surface area contributed by atoms with Crippen molar-refractivity contribution in [3.63, 3.8) is 0 Å². The number of hydrogen-bond acceptors (Lipinski definition) is 12. The number of rotatable bonds is 6. The zero-order valence-electron chi connectivity index (χ0n) is 29.7. The van der Waals surface area contributed by atoms with Crippen molar-refractivity contribution in [1.29, 1.82) is 0 Å². The predicted molar refractivity (Wildman–Crippen MR) is 194 cm³/mol. The van der Waals surface area contributed by atoms with Crippen LogP contribution in [0.4, 0.5) is 20.4 Å². The number of hydrogen-bond donors (Lipinski definition) is 2. The maximum absolute atomic E-state index is 13.6. The third-order valence-electron chi connectivity index (χ3n) is 9.47. The summed E-state index contributed by atoms with van der Waals surface area (Å²) in [6.07, 6.45) is 3.19. The molecule has 2 aromatic carbocycles. The molecule has 18 heteroatoms. The van der Waals surface area contributed by atoms with E-state index in [0.29, 0.717) is 0 Å². The Morgan fingerprint density at radius 2 is 1.23 bits per heavy atom. The van der Waals surface area contributed by atoms with E-state index in [2.05, 4.69) is 40.6 Å². The highest BCUT2D eigenvalue weighted by Crippen LogP contribution is 2.34. The maximum atomic E-state index is 13.6. The predicted octanol–water partition coefficient (Wildman–Crippen LogP) is 3.77. The number of benzene rings is 2. The van der Waals surface area contributed by atoms with Gasteiger partial charge in [-0.15, -0.1) is 10.2 Å². The fourth-order valence-electron chi connectivity index (χ4n) is 6.79. The maximum Gasteiger partial charge on any atom is 0.214 e. The number of fused-ring (bicyclic) bond motifs is 6. The first kappa shape index (κ1) is 36.3. The van der Waals surface area contributed by atoms with Gasteiger partial charge in [0.15, 0.2) is 32.7 Å². The Kier molecular flexibility index (Phi) is 9.42. The van der Waals surface area contributed by atoms with E-state index in [1.165, 1.54) is 36.4 Å². The molecule has 0 unspecified atom stereocenters. The molecule has 0 amide bonds. The Morgan fingerprint density at radius 1 is 0.717 bits per heavy atom. The van der Waals surface area contributed by atoms with Gasteiger partial charge in [-0.05, 0) is 57.4 Å². The van der Waals surface area contributed by atoms with Crippen molar-refractivity contribution < 1.29 is 25.6 Å². The number of aromatic nitrogens is 6. The second-order valence-electron chi connectivity index (χ2n) is 13.1. The van der Waals surface area contributed by atoms with Crippen molar-refractivity contribution in [3.8, 4) is 0 Å². The van der Waals surface area contributed by atoms with Gasteiger partial charge in [0, 0.05) is 76.1 Å². The van der Waals surface area contributed by atoms with Gasteiger partial charge >= 0.3 is 0 Å². The van der Waals surface area contributed by atoms with Gasteiger partial charge in [-0.1, -0.05) is 12.1 Å². The molecule has 0 bridgehead atoms. The van der Waals surface area contributed by atoms with E-state index in [-0.39, 0.29) is 42.5 Å². The van der Waals surface area contributed by atoms with Crippen LogP contribution in [0.3, 0.4) is 0 Å². The summed E-state index contributed by atoms with van der Waals surface area (Å²) in [5.41, 5.74) is 5.30. The highest BCUT2D eigenvalue weighted by molar-refractivity contribution is 7.92. The van der Waals surface area contributed by atoms with Crippen LogP contribution in [0.15, 0.2) is 74.3 Å². The lowest BCUT2D eigenvalue weighted by Crippen LogP contribution is -2.29. The fraction of sp³-hybridized carbons (Fsp3) is 0.314. The van der Waals surface area contributed by atoms with E-state index in [1.54, 1.807) is 29.3 Å². The van der Waals surface area contributed by atoms with Crippen LogP contribution >= 0.6 is 0 Å². The molecule has 2 N–H and O–H groups in total. The third kappa shape index (κ3) is 6.38. The summed E-state index contributed by atoms with van der Waals surface area (Å²) in [6, 6.07) is 9.94. The van der Waals surface area contributed by atoms with E-state index in [9.17, 15) is 25.6 Å². The van der Waals surface area contributed by atoms with Crippen molar-refractivity contribution in [2.75, 3.05) is 51.9 Å². The minimum absolute atomic E-state index is 0.0274. The molecule has 6 heterocycles. The van der Waals surface area contributed by atoms with E-state index < -0.39 is 31.3 Å². The SMILES string of the molecule is CNc1nn2c3c(c(C)nc2c1S(=O)(=O)c1cccc(F)c1)CN(C)CC3.CNc1nn2c3c(cnc2c1S(=O)(=O)c1cccc(F)c1)CN(C)CC3. The van der Waals surface area contributed by atoms with E-state index in [0.717, 1.165) is 79.4 Å². The molecule has 0 spiro atoms. The lowest BCUT2D eigenvalue weighted by molar-refractivity contribution is 0.306. The van der Waals surface area contributed by atoms with Crippen molar-refractivity contribution >= 4 is 42.6 Å². The summed E-state index contributed by atoms with van der Waals surface area (Å²) in [6.45, 7) is 5.06. The molecule has 6 aromatic rings. The van der Waals surface area contributed by atoms with Gasteiger partial charge in [0.05, 0.1) is 21.2 Å². The zero-order chi connectivity index (χ0) is 37.8. The quantitative estimate of drug-likeness (QED) is 0.253. The van der Waals surface area contributed by atoms with E-state index in [1.807, 2.05) is 21.0 Å². The van der Waals surface area contributed by atoms with Crippen LogP contribution < -0.4 is 10.6 Å². The van der Waals surface area contributed by atoms with Crippen LogP contribution in [-0.2, 0) is 45.6 Å². The molecule has 0 saturated carbocycles. The number of halogens is 2. The summed E-state index contributed by atoms with van der Waals surface area (Å²) < 4.78 is 83.3. The molecule has 2 aliphatic rings. The molecule has 0 atom stereocenters. The molecule has 0 aliphatic carbocycles. The molecule has 53 heavy (non-hydrogen) atoms. The Morgan fingerprint density at radius 3 is 1.77 bits per heavy atom. The summed E-state index contributed by atoms with van der Waals surface area (Å²) in [5.74, 6) is -0.808. The van der Waals surface area contributed by atoms with Gasteiger partial charge in [-0.3, -0.25) is 0 Å². The van der Waals surface area contributed by atoms with Crippen LogP contribution in [0.25, 0.3) is 11.3 Å². The number of anilines is 2. The van der Waals surface area contributed by atoms with Crippen LogP contribution in [0.5, 0.6) is 0 Å². The molecule has 14 nitrogen and oxygen atoms in total. The largest absolute Gasteiger partial charge is 0.370 e. The van der Waals surface area contributed by atoms with Gasteiger partial charge in [0.25, 0.3) is 0 Å². The summed E-state index contributed by atoms with van der Waals surface area (Å²) in [5, 5.41) is 14.6. The number of likely N-dealkylation sites (N-methyl/N-ethyl adjacent to an activating group) is 2. The molecule has 0 fully saturated rings. The minimum atomic E-state index is -4.00. The van der Waals surface area contributed by atoms with Gasteiger partial charge in [0.1, 0.15) is 11.6 Å². The van der Waals surface area contributed by atoms with Gasteiger partial charge < -0.3 is 20.4 Å².